The third kappa shape index (κ3) is 2.73. The lowest BCUT2D eigenvalue weighted by atomic mass is 9.84. The average molecular weight is 267 g/mol. The van der Waals surface area contributed by atoms with Gasteiger partial charge in [-0.1, -0.05) is 6.42 Å². The number of nitrogens with zero attached hydrogens (tertiary/aromatic N) is 2. The lowest BCUT2D eigenvalue weighted by molar-refractivity contribution is 0.0938. The molecule has 6 nitrogen and oxygen atoms in total. The zero-order valence-corrected chi connectivity index (χ0v) is 11.1. The minimum atomic E-state index is -0.189. The molecule has 1 aliphatic rings. The van der Waals surface area contributed by atoms with Crippen LogP contribution >= 0.6 is 11.8 Å². The smallest absolute Gasteiger partial charge is 0.271 e. The highest BCUT2D eigenvalue weighted by Crippen LogP contribution is 2.42. The molecule has 1 fully saturated rings. The highest BCUT2D eigenvalue weighted by molar-refractivity contribution is 8.00. The van der Waals surface area contributed by atoms with Crippen molar-refractivity contribution in [1.29, 1.82) is 0 Å². The Balaban J connectivity index is 1.90. The first kappa shape index (κ1) is 13.1. The topological polar surface area (TPSA) is 92.9 Å². The molecule has 1 aromatic heterocycles. The fourth-order valence-corrected chi connectivity index (χ4v) is 2.79. The van der Waals surface area contributed by atoms with Crippen LogP contribution in [-0.2, 0) is 0 Å². The maximum atomic E-state index is 11.9. The minimum Gasteiger partial charge on any atom is -0.349 e. The van der Waals surface area contributed by atoms with Gasteiger partial charge in [0.15, 0.2) is 5.82 Å². The largest absolute Gasteiger partial charge is 0.349 e. The van der Waals surface area contributed by atoms with E-state index in [-0.39, 0.29) is 10.7 Å². The van der Waals surface area contributed by atoms with E-state index >= 15 is 0 Å². The van der Waals surface area contributed by atoms with Gasteiger partial charge in [0.1, 0.15) is 5.69 Å². The van der Waals surface area contributed by atoms with Gasteiger partial charge in [0.25, 0.3) is 5.91 Å². The van der Waals surface area contributed by atoms with Gasteiger partial charge in [-0.25, -0.2) is 15.8 Å². The number of thioether (sulfide) groups is 1. The molecule has 1 heterocycles. The Morgan fingerprint density at radius 1 is 1.50 bits per heavy atom. The van der Waals surface area contributed by atoms with Crippen molar-refractivity contribution >= 4 is 23.5 Å². The molecule has 18 heavy (non-hydrogen) atoms. The molecule has 0 spiro atoms. The van der Waals surface area contributed by atoms with Gasteiger partial charge in [0.2, 0.25) is 0 Å². The van der Waals surface area contributed by atoms with Crippen LogP contribution in [0.5, 0.6) is 0 Å². The molecule has 2 rings (SSSR count). The van der Waals surface area contributed by atoms with Gasteiger partial charge in [-0.3, -0.25) is 4.79 Å². The molecule has 0 atom stereocenters. The maximum absolute atomic E-state index is 11.9. The Labute approximate surface area is 110 Å². The molecule has 1 saturated carbocycles. The molecule has 0 aromatic carbocycles. The average Bonchev–Trinajstić information content (AvgIpc) is 2.38. The van der Waals surface area contributed by atoms with Crippen LogP contribution in [0.3, 0.4) is 0 Å². The predicted molar refractivity (Wildman–Crippen MR) is 72.3 cm³/mol. The summed E-state index contributed by atoms with van der Waals surface area (Å²) in [5.74, 6) is 5.43. The van der Waals surface area contributed by atoms with E-state index in [2.05, 4.69) is 27.0 Å². The Morgan fingerprint density at radius 3 is 2.72 bits per heavy atom. The van der Waals surface area contributed by atoms with Crippen molar-refractivity contribution < 1.29 is 4.79 Å². The van der Waals surface area contributed by atoms with E-state index < -0.39 is 0 Å². The third-order valence-corrected chi connectivity index (χ3v) is 4.72. The Bertz CT molecular complexity index is 412. The van der Waals surface area contributed by atoms with E-state index in [1.807, 2.05) is 11.8 Å². The van der Waals surface area contributed by atoms with E-state index in [4.69, 9.17) is 5.84 Å². The van der Waals surface area contributed by atoms with Gasteiger partial charge in [0, 0.05) is 11.3 Å². The number of hydrogen-bond acceptors (Lipinski definition) is 6. The number of aromatic nitrogens is 2. The summed E-state index contributed by atoms with van der Waals surface area (Å²) in [6.07, 6.45) is 8.51. The number of anilines is 1. The first-order chi connectivity index (χ1) is 8.69. The Morgan fingerprint density at radius 2 is 2.28 bits per heavy atom. The highest BCUT2D eigenvalue weighted by Gasteiger charge is 2.36. The molecule has 0 radical (unpaired) electrons. The minimum absolute atomic E-state index is 0.189. The molecule has 4 N–H and O–H groups in total. The molecule has 0 aliphatic heterocycles. The van der Waals surface area contributed by atoms with Crippen LogP contribution in [-0.4, -0.2) is 33.4 Å². The molecule has 98 valence electrons. The summed E-state index contributed by atoms with van der Waals surface area (Å²) in [6.45, 7) is 0.686. The third-order valence-electron chi connectivity index (χ3n) is 3.30. The second-order valence-electron chi connectivity index (χ2n) is 4.35. The molecule has 7 heteroatoms. The number of hydrazine groups is 1. The lowest BCUT2D eigenvalue weighted by Crippen LogP contribution is -2.45. The van der Waals surface area contributed by atoms with Crippen LogP contribution in [0.15, 0.2) is 12.4 Å². The number of amides is 1. The van der Waals surface area contributed by atoms with Crippen LogP contribution in [0.4, 0.5) is 5.82 Å². The summed E-state index contributed by atoms with van der Waals surface area (Å²) >= 11 is 1.82. The summed E-state index contributed by atoms with van der Waals surface area (Å²) in [7, 11) is 0. The summed E-state index contributed by atoms with van der Waals surface area (Å²) < 4.78 is 0.224. The zero-order valence-electron chi connectivity index (χ0n) is 10.3. The molecular weight excluding hydrogens is 250 g/mol. The van der Waals surface area contributed by atoms with E-state index in [1.54, 1.807) is 0 Å². The Hall–Kier alpha value is -1.34. The second-order valence-corrected chi connectivity index (χ2v) is 5.63. The number of hydrogen-bond donors (Lipinski definition) is 3. The fraction of sp³-hybridized carbons (Fsp3) is 0.545. The van der Waals surface area contributed by atoms with Gasteiger partial charge in [-0.2, -0.15) is 11.8 Å². The molecule has 1 amide bonds. The quantitative estimate of drug-likeness (QED) is 0.539. The van der Waals surface area contributed by atoms with Gasteiger partial charge < -0.3 is 10.7 Å². The van der Waals surface area contributed by atoms with Crippen LogP contribution in [0.2, 0.25) is 0 Å². The van der Waals surface area contributed by atoms with Crippen molar-refractivity contribution in [3.63, 3.8) is 0 Å². The van der Waals surface area contributed by atoms with Crippen molar-refractivity contribution in [2.75, 3.05) is 18.2 Å². The number of rotatable bonds is 5. The van der Waals surface area contributed by atoms with Crippen LogP contribution in [0.25, 0.3) is 0 Å². The number of carbonyl (C=O) groups excluding carboxylic acids is 1. The van der Waals surface area contributed by atoms with Crippen molar-refractivity contribution in [3.05, 3.63) is 18.1 Å². The number of nitrogens with two attached hydrogens (primary N) is 1. The van der Waals surface area contributed by atoms with Crippen molar-refractivity contribution in [1.82, 2.24) is 15.3 Å². The van der Waals surface area contributed by atoms with E-state index in [9.17, 15) is 4.79 Å². The zero-order chi connectivity index (χ0) is 13.0. The highest BCUT2D eigenvalue weighted by atomic mass is 32.2. The van der Waals surface area contributed by atoms with Gasteiger partial charge in [0.05, 0.1) is 12.4 Å². The number of carbonyl (C=O) groups is 1. The first-order valence-electron chi connectivity index (χ1n) is 5.81. The Kier molecular flexibility index (Phi) is 4.03. The molecule has 1 aliphatic carbocycles. The van der Waals surface area contributed by atoms with Crippen molar-refractivity contribution in [3.8, 4) is 0 Å². The summed E-state index contributed by atoms with van der Waals surface area (Å²) in [5, 5.41) is 2.92. The lowest BCUT2D eigenvalue weighted by Gasteiger charge is -2.40. The first-order valence-corrected chi connectivity index (χ1v) is 7.04. The summed E-state index contributed by atoms with van der Waals surface area (Å²) in [6, 6.07) is 0. The molecule has 1 aromatic rings. The van der Waals surface area contributed by atoms with E-state index in [0.717, 1.165) is 12.8 Å². The summed E-state index contributed by atoms with van der Waals surface area (Å²) in [4.78, 5) is 19.8. The van der Waals surface area contributed by atoms with Crippen LogP contribution < -0.4 is 16.6 Å². The number of nitrogens with one attached hydrogen (secondary N) is 2. The molecule has 0 saturated heterocycles. The van der Waals surface area contributed by atoms with Gasteiger partial charge in [-0.05, 0) is 19.1 Å². The van der Waals surface area contributed by atoms with Crippen molar-refractivity contribution in [2.45, 2.75) is 24.0 Å². The van der Waals surface area contributed by atoms with Crippen LogP contribution in [0, 0.1) is 0 Å². The standard InChI is InChI=1S/C11H17N5OS/c1-18-11(3-2-4-11)7-15-10(17)8-5-14-9(16-12)6-13-8/h5-6H,2-4,7,12H2,1H3,(H,14,16)(H,15,17). The normalized spacial score (nSPS) is 16.8. The second kappa shape index (κ2) is 5.53. The molecule has 0 bridgehead atoms. The monoisotopic (exact) mass is 267 g/mol. The van der Waals surface area contributed by atoms with E-state index in [0.29, 0.717) is 18.1 Å². The SMILES string of the molecule is CSC1(CNC(=O)c2cnc(NN)cn2)CCC1. The van der Waals surface area contributed by atoms with Crippen LogP contribution in [0.1, 0.15) is 29.8 Å². The molecule has 0 unspecified atom stereocenters. The number of nitrogen functional groups attached to an aromatic ring is 1. The maximum Gasteiger partial charge on any atom is 0.271 e. The molecular formula is C11H17N5OS. The van der Waals surface area contributed by atoms with Gasteiger partial charge in [-0.15, -0.1) is 0 Å². The van der Waals surface area contributed by atoms with Crippen molar-refractivity contribution in [2.24, 2.45) is 5.84 Å². The van der Waals surface area contributed by atoms with Gasteiger partial charge >= 0.3 is 0 Å². The van der Waals surface area contributed by atoms with E-state index in [1.165, 1.54) is 18.8 Å². The summed E-state index contributed by atoms with van der Waals surface area (Å²) in [5.41, 5.74) is 2.68. The fourth-order valence-electron chi connectivity index (χ4n) is 1.88. The predicted octanol–water partition coefficient (Wildman–Crippen LogP) is 0.778.